The molecular formula is C25H20N2O4S. The number of rotatable bonds is 6. The van der Waals surface area contributed by atoms with Crippen LogP contribution in [0.25, 0.3) is 0 Å². The highest BCUT2D eigenvalue weighted by Crippen LogP contribution is 2.34. The van der Waals surface area contributed by atoms with E-state index in [-0.39, 0.29) is 10.8 Å². The average molecular weight is 445 g/mol. The summed E-state index contributed by atoms with van der Waals surface area (Å²) in [7, 11) is -3.30. The molecular weight excluding hydrogens is 424 g/mol. The Bertz CT molecular complexity index is 1320. The van der Waals surface area contributed by atoms with Crippen molar-refractivity contribution in [3.05, 3.63) is 108 Å². The Balaban J connectivity index is 1.67. The fourth-order valence-corrected chi connectivity index (χ4v) is 3.94. The van der Waals surface area contributed by atoms with Gasteiger partial charge in [-0.3, -0.25) is 4.98 Å². The summed E-state index contributed by atoms with van der Waals surface area (Å²) in [5, 5.41) is 9.38. The van der Waals surface area contributed by atoms with Crippen LogP contribution in [-0.2, 0) is 9.84 Å². The van der Waals surface area contributed by atoms with Crippen LogP contribution < -0.4 is 9.47 Å². The van der Waals surface area contributed by atoms with Gasteiger partial charge in [-0.2, -0.15) is 5.26 Å². The molecule has 1 atom stereocenters. The smallest absolute Gasteiger partial charge is 0.175 e. The van der Waals surface area contributed by atoms with E-state index < -0.39 is 9.84 Å². The summed E-state index contributed by atoms with van der Waals surface area (Å²) in [6.45, 7) is 0. The van der Waals surface area contributed by atoms with Crippen molar-refractivity contribution in [2.24, 2.45) is 0 Å². The van der Waals surface area contributed by atoms with Crippen LogP contribution in [0, 0.1) is 11.3 Å². The highest BCUT2D eigenvalue weighted by atomic mass is 32.2. The van der Waals surface area contributed by atoms with E-state index in [2.05, 4.69) is 11.1 Å². The standard InChI is InChI=1S/C25H20N2O4S/c1-32(28,29)21-12-10-20(11-13-21)30-25-16-18(22-7-4-5-15-27-22)9-14-24(25)31-23-8-3-2-6-19(23)17-26/h2-15,18H,16H2,1H3. The second-order valence-corrected chi connectivity index (χ2v) is 9.28. The minimum absolute atomic E-state index is 0.0138. The third-order valence-electron chi connectivity index (χ3n) is 4.95. The number of hydrogen-bond acceptors (Lipinski definition) is 6. The lowest BCUT2D eigenvalue weighted by atomic mass is 9.94. The molecule has 7 heteroatoms. The molecule has 2 aromatic carbocycles. The summed E-state index contributed by atoms with van der Waals surface area (Å²) in [5.41, 5.74) is 1.31. The van der Waals surface area contributed by atoms with E-state index in [1.807, 2.05) is 30.4 Å². The van der Waals surface area contributed by atoms with E-state index in [1.165, 1.54) is 12.1 Å². The highest BCUT2D eigenvalue weighted by Gasteiger charge is 2.23. The van der Waals surface area contributed by atoms with Crippen LogP contribution in [0.1, 0.15) is 23.6 Å². The predicted octanol–water partition coefficient (Wildman–Crippen LogP) is 4.77. The lowest BCUT2D eigenvalue weighted by molar-refractivity contribution is 0.333. The number of benzene rings is 2. The minimum Gasteiger partial charge on any atom is -0.458 e. The Morgan fingerprint density at radius 3 is 2.44 bits per heavy atom. The molecule has 0 saturated heterocycles. The maximum Gasteiger partial charge on any atom is 0.175 e. The van der Waals surface area contributed by atoms with E-state index in [0.717, 1.165) is 11.9 Å². The summed E-state index contributed by atoms with van der Waals surface area (Å²) in [6, 6.07) is 21.1. The molecule has 0 aliphatic heterocycles. The van der Waals surface area contributed by atoms with Gasteiger partial charge < -0.3 is 9.47 Å². The molecule has 160 valence electrons. The number of aromatic nitrogens is 1. The average Bonchev–Trinajstić information content (AvgIpc) is 2.81. The molecule has 1 aromatic heterocycles. The van der Waals surface area contributed by atoms with Crippen molar-refractivity contribution < 1.29 is 17.9 Å². The van der Waals surface area contributed by atoms with Crippen molar-refractivity contribution in [2.45, 2.75) is 17.2 Å². The summed E-state index contributed by atoms with van der Waals surface area (Å²) in [6.07, 6.45) is 7.20. The van der Waals surface area contributed by atoms with Crippen molar-refractivity contribution in [1.82, 2.24) is 4.98 Å². The molecule has 0 fully saturated rings. The van der Waals surface area contributed by atoms with E-state index in [1.54, 1.807) is 42.6 Å². The van der Waals surface area contributed by atoms with Gasteiger partial charge in [-0.25, -0.2) is 8.42 Å². The van der Waals surface area contributed by atoms with Crippen LogP contribution in [0.2, 0.25) is 0 Å². The zero-order valence-corrected chi connectivity index (χ0v) is 18.1. The normalized spacial score (nSPS) is 15.8. The van der Waals surface area contributed by atoms with Gasteiger partial charge in [0.05, 0.1) is 10.5 Å². The van der Waals surface area contributed by atoms with Crippen molar-refractivity contribution in [3.8, 4) is 17.6 Å². The molecule has 1 unspecified atom stereocenters. The Morgan fingerprint density at radius 2 is 1.75 bits per heavy atom. The van der Waals surface area contributed by atoms with Gasteiger partial charge >= 0.3 is 0 Å². The van der Waals surface area contributed by atoms with Crippen molar-refractivity contribution in [3.63, 3.8) is 0 Å². The molecule has 0 amide bonds. The number of sulfone groups is 1. The molecule has 1 aliphatic rings. The molecule has 6 nitrogen and oxygen atoms in total. The maximum atomic E-state index is 11.7. The van der Waals surface area contributed by atoms with Crippen LogP contribution in [0.3, 0.4) is 0 Å². The Kier molecular flexibility index (Phi) is 6.06. The highest BCUT2D eigenvalue weighted by molar-refractivity contribution is 7.90. The van der Waals surface area contributed by atoms with E-state index in [4.69, 9.17) is 9.47 Å². The SMILES string of the molecule is CS(=O)(=O)c1ccc(OC2=C(Oc3ccccc3C#N)C=CC(c3ccccn3)C2)cc1. The minimum atomic E-state index is -3.30. The second kappa shape index (κ2) is 9.08. The largest absolute Gasteiger partial charge is 0.458 e. The zero-order chi connectivity index (χ0) is 22.6. The number of para-hydroxylation sites is 1. The van der Waals surface area contributed by atoms with Crippen molar-refractivity contribution in [1.29, 1.82) is 5.26 Å². The van der Waals surface area contributed by atoms with Gasteiger partial charge in [0.15, 0.2) is 15.6 Å². The van der Waals surface area contributed by atoms with Gasteiger partial charge in [0.25, 0.3) is 0 Å². The molecule has 0 bridgehead atoms. The zero-order valence-electron chi connectivity index (χ0n) is 17.3. The van der Waals surface area contributed by atoms with E-state index >= 15 is 0 Å². The van der Waals surface area contributed by atoms with Crippen LogP contribution in [0.15, 0.2) is 101 Å². The topological polar surface area (TPSA) is 89.3 Å². The molecule has 0 radical (unpaired) electrons. The van der Waals surface area contributed by atoms with Gasteiger partial charge in [0.2, 0.25) is 0 Å². The number of nitrogens with zero attached hydrogens (tertiary/aromatic N) is 2. The fourth-order valence-electron chi connectivity index (χ4n) is 3.31. The van der Waals surface area contributed by atoms with E-state index in [9.17, 15) is 13.7 Å². The lowest BCUT2D eigenvalue weighted by Gasteiger charge is -2.23. The first-order chi connectivity index (χ1) is 15.4. The number of ether oxygens (including phenoxy) is 2. The third-order valence-corrected chi connectivity index (χ3v) is 6.08. The molecule has 32 heavy (non-hydrogen) atoms. The fraction of sp³-hybridized carbons (Fsp3) is 0.120. The Morgan fingerprint density at radius 1 is 1.00 bits per heavy atom. The van der Waals surface area contributed by atoms with Gasteiger partial charge in [0.1, 0.15) is 23.3 Å². The predicted molar refractivity (Wildman–Crippen MR) is 120 cm³/mol. The number of hydrogen-bond donors (Lipinski definition) is 0. The quantitative estimate of drug-likeness (QED) is 0.544. The van der Waals surface area contributed by atoms with Gasteiger partial charge in [-0.05, 0) is 54.6 Å². The van der Waals surface area contributed by atoms with Gasteiger partial charge in [-0.15, -0.1) is 0 Å². The first kappa shape index (κ1) is 21.3. The lowest BCUT2D eigenvalue weighted by Crippen LogP contribution is -2.13. The molecule has 0 spiro atoms. The monoisotopic (exact) mass is 444 g/mol. The summed E-state index contributed by atoms with van der Waals surface area (Å²) < 4.78 is 35.7. The Labute approximate surface area is 187 Å². The number of pyridine rings is 1. The van der Waals surface area contributed by atoms with Gasteiger partial charge in [-0.1, -0.05) is 24.3 Å². The molecule has 0 N–H and O–H groups in total. The maximum absolute atomic E-state index is 11.7. The molecule has 4 rings (SSSR count). The first-order valence-corrected chi connectivity index (χ1v) is 11.8. The molecule has 1 aliphatic carbocycles. The summed E-state index contributed by atoms with van der Waals surface area (Å²) in [4.78, 5) is 4.65. The summed E-state index contributed by atoms with van der Waals surface area (Å²) in [5.74, 6) is 1.94. The van der Waals surface area contributed by atoms with E-state index in [0.29, 0.717) is 35.0 Å². The van der Waals surface area contributed by atoms with Crippen LogP contribution >= 0.6 is 0 Å². The van der Waals surface area contributed by atoms with Crippen LogP contribution in [0.5, 0.6) is 11.5 Å². The first-order valence-electron chi connectivity index (χ1n) is 9.91. The Hall–Kier alpha value is -3.89. The number of allylic oxidation sites excluding steroid dienone is 3. The van der Waals surface area contributed by atoms with Crippen molar-refractivity contribution in [2.75, 3.05) is 6.26 Å². The molecule has 3 aromatic rings. The van der Waals surface area contributed by atoms with Crippen LogP contribution in [-0.4, -0.2) is 19.7 Å². The summed E-state index contributed by atoms with van der Waals surface area (Å²) >= 11 is 0. The number of nitriles is 1. The second-order valence-electron chi connectivity index (χ2n) is 7.27. The molecule has 1 heterocycles. The third kappa shape index (κ3) is 4.88. The van der Waals surface area contributed by atoms with Crippen molar-refractivity contribution >= 4 is 9.84 Å². The molecule has 0 saturated carbocycles. The van der Waals surface area contributed by atoms with Gasteiger partial charge in [0, 0.05) is 30.5 Å². The van der Waals surface area contributed by atoms with Crippen LogP contribution in [0.4, 0.5) is 0 Å².